The number of hydrogen-bond donors (Lipinski definition) is 1. The number of nitrogens with zero attached hydrogens (tertiary/aromatic N) is 2. The third kappa shape index (κ3) is 3.21. The normalized spacial score (nSPS) is 16.3. The van der Waals surface area contributed by atoms with Crippen molar-refractivity contribution in [1.82, 2.24) is 15.1 Å². The first-order chi connectivity index (χ1) is 12.6. The van der Waals surface area contributed by atoms with Crippen LogP contribution in [0, 0.1) is 0 Å². The van der Waals surface area contributed by atoms with Crippen LogP contribution in [0.3, 0.4) is 0 Å². The lowest BCUT2D eigenvalue weighted by molar-refractivity contribution is -0.124. The van der Waals surface area contributed by atoms with E-state index in [0.29, 0.717) is 5.75 Å². The monoisotopic (exact) mass is 413 g/mol. The SMILES string of the molecule is Cn1ncc2c1CCC[C@H]2NC(=O)COc1ccc2ccccc2c1Br. The van der Waals surface area contributed by atoms with Crippen LogP contribution in [0.15, 0.2) is 47.1 Å². The summed E-state index contributed by atoms with van der Waals surface area (Å²) in [5.74, 6) is 0.552. The third-order valence-electron chi connectivity index (χ3n) is 4.90. The average molecular weight is 414 g/mol. The Morgan fingerprint density at radius 3 is 3.08 bits per heavy atom. The van der Waals surface area contributed by atoms with Crippen molar-refractivity contribution < 1.29 is 9.53 Å². The Balaban J connectivity index is 1.43. The number of nitrogens with one attached hydrogen (secondary N) is 1. The van der Waals surface area contributed by atoms with Crippen molar-refractivity contribution in [2.45, 2.75) is 25.3 Å². The largest absolute Gasteiger partial charge is 0.483 e. The molecular formula is C20H20BrN3O2. The molecule has 1 aromatic heterocycles. The second-order valence-electron chi connectivity index (χ2n) is 6.57. The van der Waals surface area contributed by atoms with Gasteiger partial charge in [0.2, 0.25) is 0 Å². The molecule has 4 rings (SSSR count). The Hall–Kier alpha value is -2.34. The zero-order chi connectivity index (χ0) is 18.1. The summed E-state index contributed by atoms with van der Waals surface area (Å²) in [6.45, 7) is -0.0109. The molecule has 134 valence electrons. The minimum atomic E-state index is -0.119. The molecule has 1 aliphatic rings. The van der Waals surface area contributed by atoms with Crippen molar-refractivity contribution in [3.63, 3.8) is 0 Å². The van der Waals surface area contributed by atoms with Crippen molar-refractivity contribution in [3.8, 4) is 5.75 Å². The van der Waals surface area contributed by atoms with Gasteiger partial charge in [-0.25, -0.2) is 0 Å². The van der Waals surface area contributed by atoms with E-state index < -0.39 is 0 Å². The number of carbonyl (C=O) groups excluding carboxylic acids is 1. The molecule has 3 aromatic rings. The highest BCUT2D eigenvalue weighted by molar-refractivity contribution is 9.10. The molecule has 1 N–H and O–H groups in total. The summed E-state index contributed by atoms with van der Waals surface area (Å²) in [5.41, 5.74) is 2.33. The molecule has 6 heteroatoms. The molecule has 1 atom stereocenters. The first kappa shape index (κ1) is 17.1. The Morgan fingerprint density at radius 1 is 1.35 bits per heavy atom. The number of benzene rings is 2. The van der Waals surface area contributed by atoms with Gasteiger partial charge in [-0.2, -0.15) is 5.10 Å². The zero-order valence-electron chi connectivity index (χ0n) is 14.5. The molecule has 0 aliphatic heterocycles. The van der Waals surface area contributed by atoms with Gasteiger partial charge in [-0.3, -0.25) is 9.48 Å². The van der Waals surface area contributed by atoms with Crippen LogP contribution in [0.4, 0.5) is 0 Å². The molecule has 5 nitrogen and oxygen atoms in total. The molecule has 0 unspecified atom stereocenters. The summed E-state index contributed by atoms with van der Waals surface area (Å²) in [7, 11) is 1.95. The summed E-state index contributed by atoms with van der Waals surface area (Å²) >= 11 is 3.59. The van der Waals surface area contributed by atoms with Crippen LogP contribution in [-0.4, -0.2) is 22.3 Å². The number of ether oxygens (including phenoxy) is 1. The van der Waals surface area contributed by atoms with E-state index in [1.54, 1.807) is 0 Å². The van der Waals surface area contributed by atoms with E-state index in [1.807, 2.05) is 54.3 Å². The number of aromatic nitrogens is 2. The second kappa shape index (κ2) is 7.11. The van der Waals surface area contributed by atoms with Gasteiger partial charge in [0, 0.05) is 18.3 Å². The van der Waals surface area contributed by atoms with Crippen molar-refractivity contribution in [2.75, 3.05) is 6.61 Å². The lowest BCUT2D eigenvalue weighted by Gasteiger charge is -2.23. The van der Waals surface area contributed by atoms with Crippen molar-refractivity contribution in [1.29, 1.82) is 0 Å². The van der Waals surface area contributed by atoms with E-state index in [4.69, 9.17) is 4.74 Å². The maximum absolute atomic E-state index is 12.4. The molecule has 0 radical (unpaired) electrons. The smallest absolute Gasteiger partial charge is 0.258 e. The highest BCUT2D eigenvalue weighted by Gasteiger charge is 2.24. The lowest BCUT2D eigenvalue weighted by atomic mass is 9.93. The lowest BCUT2D eigenvalue weighted by Crippen LogP contribution is -2.34. The van der Waals surface area contributed by atoms with Gasteiger partial charge in [0.15, 0.2) is 6.61 Å². The summed E-state index contributed by atoms with van der Waals surface area (Å²) < 4.78 is 8.53. The third-order valence-corrected chi connectivity index (χ3v) is 5.72. The molecule has 0 saturated heterocycles. The fraction of sp³-hybridized carbons (Fsp3) is 0.300. The fourth-order valence-electron chi connectivity index (χ4n) is 3.56. The van der Waals surface area contributed by atoms with Gasteiger partial charge >= 0.3 is 0 Å². The summed E-state index contributed by atoms with van der Waals surface area (Å²) in [4.78, 5) is 12.4. The minimum Gasteiger partial charge on any atom is -0.483 e. The maximum Gasteiger partial charge on any atom is 0.258 e. The van der Waals surface area contributed by atoms with Crippen LogP contribution in [0.25, 0.3) is 10.8 Å². The summed E-state index contributed by atoms with van der Waals surface area (Å²) in [5, 5.41) is 9.60. The predicted molar refractivity (Wildman–Crippen MR) is 104 cm³/mol. The number of hydrogen-bond acceptors (Lipinski definition) is 3. The Bertz CT molecular complexity index is 967. The Morgan fingerprint density at radius 2 is 2.19 bits per heavy atom. The number of carbonyl (C=O) groups is 1. The molecular weight excluding hydrogens is 394 g/mol. The molecule has 0 bridgehead atoms. The van der Waals surface area contributed by atoms with Gasteiger partial charge in [0.05, 0.1) is 16.7 Å². The van der Waals surface area contributed by atoms with Crippen LogP contribution < -0.4 is 10.1 Å². The van der Waals surface area contributed by atoms with Crippen molar-refractivity contribution >= 4 is 32.6 Å². The highest BCUT2D eigenvalue weighted by atomic mass is 79.9. The Kier molecular flexibility index (Phi) is 4.68. The standard InChI is InChI=1S/C20H20BrN3O2/c1-24-17-8-4-7-16(15(17)11-22-24)23-19(25)12-26-18-10-9-13-5-2-3-6-14(13)20(18)21/h2-3,5-6,9-11,16H,4,7-8,12H2,1H3,(H,23,25)/t16-/m1/s1. The summed E-state index contributed by atoms with van der Waals surface area (Å²) in [6.07, 6.45) is 4.86. The molecule has 1 amide bonds. The number of fused-ring (bicyclic) bond motifs is 2. The van der Waals surface area contributed by atoms with E-state index in [2.05, 4.69) is 26.3 Å². The van der Waals surface area contributed by atoms with Crippen LogP contribution in [0.1, 0.15) is 30.1 Å². The summed E-state index contributed by atoms with van der Waals surface area (Å²) in [6, 6.07) is 12.0. The van der Waals surface area contributed by atoms with Gasteiger partial charge in [-0.05, 0) is 52.0 Å². The minimum absolute atomic E-state index is 0.0109. The first-order valence-corrected chi connectivity index (χ1v) is 9.53. The van der Waals surface area contributed by atoms with Crippen LogP contribution >= 0.6 is 15.9 Å². The molecule has 26 heavy (non-hydrogen) atoms. The van der Waals surface area contributed by atoms with Gasteiger partial charge in [-0.1, -0.05) is 30.3 Å². The number of amides is 1. The van der Waals surface area contributed by atoms with Gasteiger partial charge < -0.3 is 10.1 Å². The molecule has 0 spiro atoms. The van der Waals surface area contributed by atoms with Crippen LogP contribution in [0.5, 0.6) is 5.75 Å². The van der Waals surface area contributed by atoms with E-state index in [-0.39, 0.29) is 18.6 Å². The predicted octanol–water partition coefficient (Wildman–Crippen LogP) is 3.91. The molecule has 0 saturated carbocycles. The highest BCUT2D eigenvalue weighted by Crippen LogP contribution is 2.33. The van der Waals surface area contributed by atoms with E-state index in [9.17, 15) is 4.79 Å². The van der Waals surface area contributed by atoms with Crippen LogP contribution in [0.2, 0.25) is 0 Å². The number of aryl methyl sites for hydroxylation is 1. The second-order valence-corrected chi connectivity index (χ2v) is 7.36. The first-order valence-electron chi connectivity index (χ1n) is 8.73. The molecule has 1 heterocycles. The quantitative estimate of drug-likeness (QED) is 0.705. The molecule has 0 fully saturated rings. The number of rotatable bonds is 4. The molecule has 1 aliphatic carbocycles. The molecule has 2 aromatic carbocycles. The van der Waals surface area contributed by atoms with E-state index >= 15 is 0 Å². The zero-order valence-corrected chi connectivity index (χ0v) is 16.1. The van der Waals surface area contributed by atoms with Gasteiger partial charge in [0.1, 0.15) is 5.75 Å². The van der Waals surface area contributed by atoms with Crippen LogP contribution in [-0.2, 0) is 18.3 Å². The van der Waals surface area contributed by atoms with Gasteiger partial charge in [-0.15, -0.1) is 0 Å². The number of halogens is 1. The van der Waals surface area contributed by atoms with E-state index in [0.717, 1.165) is 40.1 Å². The van der Waals surface area contributed by atoms with Gasteiger partial charge in [0.25, 0.3) is 5.91 Å². The van der Waals surface area contributed by atoms with Crippen molar-refractivity contribution in [2.24, 2.45) is 7.05 Å². The maximum atomic E-state index is 12.4. The van der Waals surface area contributed by atoms with Crippen molar-refractivity contribution in [3.05, 3.63) is 58.3 Å². The topological polar surface area (TPSA) is 56.2 Å². The fourth-order valence-corrected chi connectivity index (χ4v) is 4.17. The average Bonchev–Trinajstić information content (AvgIpc) is 3.04. The Labute approximate surface area is 160 Å². The van der Waals surface area contributed by atoms with E-state index in [1.165, 1.54) is 5.69 Å².